The first-order chi connectivity index (χ1) is 10.8. The van der Waals surface area contributed by atoms with E-state index >= 15 is 0 Å². The average molecular weight is 289 g/mol. The fraction of sp³-hybridized carbons (Fsp3) is 0.111. The van der Waals surface area contributed by atoms with Gasteiger partial charge in [0.2, 0.25) is 0 Å². The molecular weight excluding hydrogens is 274 g/mol. The number of imidazole rings is 1. The van der Waals surface area contributed by atoms with Crippen molar-refractivity contribution in [2.45, 2.75) is 12.5 Å². The van der Waals surface area contributed by atoms with Gasteiger partial charge in [0.05, 0.1) is 24.0 Å². The van der Waals surface area contributed by atoms with Crippen LogP contribution >= 0.6 is 0 Å². The topological polar surface area (TPSA) is 61.8 Å². The summed E-state index contributed by atoms with van der Waals surface area (Å²) in [5, 5.41) is 18.3. The summed E-state index contributed by atoms with van der Waals surface area (Å²) in [6.07, 6.45) is 6.27. The molecule has 0 aliphatic rings. The number of aromatic nitrogens is 2. The molecule has 0 saturated carbocycles. The summed E-state index contributed by atoms with van der Waals surface area (Å²) < 4.78 is 2.05. The van der Waals surface area contributed by atoms with Crippen LogP contribution < -0.4 is 0 Å². The molecule has 0 bridgehead atoms. The summed E-state index contributed by atoms with van der Waals surface area (Å²) in [5.74, 6) is 0.265. The number of phenolic OH excluding ortho intramolecular Hbond substituents is 1. The molecule has 4 nitrogen and oxygen atoms in total. The lowest BCUT2D eigenvalue weighted by Crippen LogP contribution is -2.12. The molecule has 2 aromatic carbocycles. The van der Waals surface area contributed by atoms with Crippen LogP contribution in [0.2, 0.25) is 0 Å². The number of hydrogen-bond donors (Lipinski definition) is 1. The maximum Gasteiger partial charge on any atom is 0.115 e. The molecule has 108 valence electrons. The second-order valence-electron chi connectivity index (χ2n) is 5.13. The van der Waals surface area contributed by atoms with Crippen LogP contribution in [0.4, 0.5) is 0 Å². The Morgan fingerprint density at radius 1 is 1.09 bits per heavy atom. The monoisotopic (exact) mass is 289 g/mol. The Morgan fingerprint density at radius 2 is 1.82 bits per heavy atom. The van der Waals surface area contributed by atoms with Crippen molar-refractivity contribution in [2.24, 2.45) is 0 Å². The molecule has 1 unspecified atom stereocenters. The lowest BCUT2D eigenvalue weighted by atomic mass is 9.98. The van der Waals surface area contributed by atoms with Crippen LogP contribution in [0.3, 0.4) is 0 Å². The molecule has 4 heteroatoms. The standard InChI is InChI=1S/C18H15N3O/c19-12-15-1-5-16(6-2-15)18(21-10-9-20-13-21)11-14-3-7-17(22)8-4-14/h1-10,13,18,22H,11H2. The van der Waals surface area contributed by atoms with E-state index in [9.17, 15) is 5.11 Å². The minimum atomic E-state index is 0.0970. The highest BCUT2D eigenvalue weighted by molar-refractivity contribution is 5.34. The fourth-order valence-electron chi connectivity index (χ4n) is 2.48. The van der Waals surface area contributed by atoms with Gasteiger partial charge < -0.3 is 9.67 Å². The van der Waals surface area contributed by atoms with E-state index in [1.165, 1.54) is 0 Å². The van der Waals surface area contributed by atoms with Gasteiger partial charge in [0.15, 0.2) is 0 Å². The van der Waals surface area contributed by atoms with Gasteiger partial charge in [-0.15, -0.1) is 0 Å². The van der Waals surface area contributed by atoms with E-state index in [-0.39, 0.29) is 11.8 Å². The number of nitriles is 1. The molecule has 3 aromatic rings. The summed E-state index contributed by atoms with van der Waals surface area (Å²) in [5.41, 5.74) is 2.89. The van der Waals surface area contributed by atoms with Crippen molar-refractivity contribution in [1.82, 2.24) is 9.55 Å². The van der Waals surface area contributed by atoms with E-state index in [4.69, 9.17) is 5.26 Å². The van der Waals surface area contributed by atoms with Gasteiger partial charge in [-0.05, 0) is 41.8 Å². The average Bonchev–Trinajstić information content (AvgIpc) is 3.09. The molecule has 0 spiro atoms. The predicted molar refractivity (Wildman–Crippen MR) is 83.3 cm³/mol. The molecule has 0 fully saturated rings. The van der Waals surface area contributed by atoms with Crippen LogP contribution in [-0.2, 0) is 6.42 Å². The van der Waals surface area contributed by atoms with E-state index in [2.05, 4.69) is 11.1 Å². The van der Waals surface area contributed by atoms with Gasteiger partial charge in [-0.25, -0.2) is 4.98 Å². The Hall–Kier alpha value is -3.06. The second-order valence-corrected chi connectivity index (χ2v) is 5.13. The second kappa shape index (κ2) is 6.15. The lowest BCUT2D eigenvalue weighted by Gasteiger charge is -2.19. The molecule has 22 heavy (non-hydrogen) atoms. The molecule has 0 saturated heterocycles. The molecule has 0 amide bonds. The number of phenols is 1. The fourth-order valence-corrected chi connectivity index (χ4v) is 2.48. The number of benzene rings is 2. The summed E-state index contributed by atoms with van der Waals surface area (Å²) in [4.78, 5) is 4.13. The van der Waals surface area contributed by atoms with Crippen LogP contribution in [0.1, 0.15) is 22.7 Å². The van der Waals surface area contributed by atoms with E-state index in [1.807, 2.05) is 47.2 Å². The van der Waals surface area contributed by atoms with Crippen molar-refractivity contribution < 1.29 is 5.11 Å². The van der Waals surface area contributed by atoms with Crippen molar-refractivity contribution in [3.05, 3.63) is 83.9 Å². The van der Waals surface area contributed by atoms with Crippen molar-refractivity contribution in [3.8, 4) is 11.8 Å². The molecule has 0 aliphatic heterocycles. The number of aromatic hydroxyl groups is 1. The van der Waals surface area contributed by atoms with E-state index < -0.39 is 0 Å². The largest absolute Gasteiger partial charge is 0.508 e. The molecule has 0 aliphatic carbocycles. The molecule has 0 radical (unpaired) electrons. The molecule has 1 atom stereocenters. The van der Waals surface area contributed by atoms with E-state index in [0.29, 0.717) is 5.56 Å². The summed E-state index contributed by atoms with van der Waals surface area (Å²) >= 11 is 0. The molecule has 3 rings (SSSR count). The van der Waals surface area contributed by atoms with Gasteiger partial charge in [0.25, 0.3) is 0 Å². The third-order valence-corrected chi connectivity index (χ3v) is 3.67. The van der Waals surface area contributed by atoms with Crippen molar-refractivity contribution in [2.75, 3.05) is 0 Å². The van der Waals surface area contributed by atoms with Gasteiger partial charge >= 0.3 is 0 Å². The van der Waals surface area contributed by atoms with Crippen molar-refractivity contribution in [3.63, 3.8) is 0 Å². The summed E-state index contributed by atoms with van der Waals surface area (Å²) in [6, 6.07) is 17.1. The number of hydrogen-bond acceptors (Lipinski definition) is 3. The van der Waals surface area contributed by atoms with Crippen LogP contribution in [0, 0.1) is 11.3 Å². The maximum atomic E-state index is 9.40. The Bertz CT molecular complexity index is 769. The SMILES string of the molecule is N#Cc1ccc(C(Cc2ccc(O)cc2)n2ccnc2)cc1. The number of rotatable bonds is 4. The highest BCUT2D eigenvalue weighted by Crippen LogP contribution is 2.24. The first-order valence-electron chi connectivity index (χ1n) is 7.01. The minimum absolute atomic E-state index is 0.0970. The van der Waals surface area contributed by atoms with Crippen LogP contribution in [0.5, 0.6) is 5.75 Å². The zero-order valence-corrected chi connectivity index (χ0v) is 11.9. The summed E-state index contributed by atoms with van der Waals surface area (Å²) in [7, 11) is 0. The molecule has 1 heterocycles. The Balaban J connectivity index is 1.93. The van der Waals surface area contributed by atoms with Crippen molar-refractivity contribution >= 4 is 0 Å². The Kier molecular flexibility index (Phi) is 3.88. The number of nitrogens with zero attached hydrogens (tertiary/aromatic N) is 3. The van der Waals surface area contributed by atoms with Gasteiger partial charge in [-0.3, -0.25) is 0 Å². The summed E-state index contributed by atoms with van der Waals surface area (Å²) in [6.45, 7) is 0. The third kappa shape index (κ3) is 2.99. The highest BCUT2D eigenvalue weighted by Gasteiger charge is 2.14. The van der Waals surface area contributed by atoms with Gasteiger partial charge in [-0.2, -0.15) is 5.26 Å². The lowest BCUT2D eigenvalue weighted by molar-refractivity contribution is 0.474. The van der Waals surface area contributed by atoms with Crippen molar-refractivity contribution in [1.29, 1.82) is 5.26 Å². The Morgan fingerprint density at radius 3 is 2.41 bits per heavy atom. The molecule has 1 N–H and O–H groups in total. The van der Waals surface area contributed by atoms with Gasteiger partial charge in [-0.1, -0.05) is 24.3 Å². The quantitative estimate of drug-likeness (QED) is 0.801. The van der Waals surface area contributed by atoms with Crippen LogP contribution in [-0.4, -0.2) is 14.7 Å². The zero-order valence-electron chi connectivity index (χ0n) is 11.9. The smallest absolute Gasteiger partial charge is 0.115 e. The first kappa shape index (κ1) is 13.9. The zero-order chi connectivity index (χ0) is 15.4. The minimum Gasteiger partial charge on any atom is -0.508 e. The Labute approximate surface area is 128 Å². The van der Waals surface area contributed by atoms with Crippen LogP contribution in [0.25, 0.3) is 0 Å². The third-order valence-electron chi connectivity index (χ3n) is 3.67. The van der Waals surface area contributed by atoms with Crippen LogP contribution in [0.15, 0.2) is 67.3 Å². The molecule has 1 aromatic heterocycles. The predicted octanol–water partition coefficient (Wildman–Crippen LogP) is 3.29. The highest BCUT2D eigenvalue weighted by atomic mass is 16.3. The normalized spacial score (nSPS) is 11.8. The molecular formula is C18H15N3O. The van der Waals surface area contributed by atoms with E-state index in [0.717, 1.165) is 17.5 Å². The van der Waals surface area contributed by atoms with Gasteiger partial charge in [0.1, 0.15) is 5.75 Å². The maximum absolute atomic E-state index is 9.40. The van der Waals surface area contributed by atoms with Gasteiger partial charge in [0, 0.05) is 12.4 Å². The van der Waals surface area contributed by atoms with E-state index in [1.54, 1.807) is 24.7 Å². The first-order valence-corrected chi connectivity index (χ1v) is 7.01.